The summed E-state index contributed by atoms with van der Waals surface area (Å²) in [6.45, 7) is 2.12. The molecule has 1 spiro atoms. The molecule has 4 aromatic rings. The second-order valence-electron chi connectivity index (χ2n) is 10.7. The number of anilines is 2. The van der Waals surface area contributed by atoms with Gasteiger partial charge in [0.2, 0.25) is 5.91 Å². The van der Waals surface area contributed by atoms with Crippen molar-refractivity contribution in [3.63, 3.8) is 0 Å². The SMILES string of the molecule is CCCc1ccc(C(=O)[C@@H]2[C@H](C(=O)c3cccs3)N3c4ccccc4C=C[C@@H]3[C@@]23C(=O)Nc2ccccc23)cc1. The van der Waals surface area contributed by atoms with Crippen LogP contribution in [0.15, 0.2) is 96.4 Å². The van der Waals surface area contributed by atoms with E-state index in [2.05, 4.69) is 12.2 Å². The van der Waals surface area contributed by atoms with Crippen LogP contribution in [-0.4, -0.2) is 29.6 Å². The molecule has 5 nitrogen and oxygen atoms in total. The number of fused-ring (bicyclic) bond motifs is 6. The molecule has 198 valence electrons. The summed E-state index contributed by atoms with van der Waals surface area (Å²) in [4.78, 5) is 46.2. The van der Waals surface area contributed by atoms with Crippen molar-refractivity contribution in [2.24, 2.45) is 5.92 Å². The third kappa shape index (κ3) is 3.42. The fourth-order valence-electron chi connectivity index (χ4n) is 6.99. The number of para-hydroxylation sites is 2. The first-order chi connectivity index (χ1) is 19.6. The average Bonchev–Trinajstić information content (AvgIpc) is 3.70. The second-order valence-corrected chi connectivity index (χ2v) is 11.7. The van der Waals surface area contributed by atoms with Gasteiger partial charge in [-0.15, -0.1) is 11.3 Å². The average molecular weight is 545 g/mol. The molecular weight excluding hydrogens is 516 g/mol. The summed E-state index contributed by atoms with van der Waals surface area (Å²) < 4.78 is 0. The third-order valence-corrected chi connectivity index (χ3v) is 9.52. The quantitative estimate of drug-likeness (QED) is 0.279. The lowest BCUT2D eigenvalue weighted by Gasteiger charge is -2.37. The van der Waals surface area contributed by atoms with Crippen molar-refractivity contribution in [3.05, 3.63) is 124 Å². The van der Waals surface area contributed by atoms with Gasteiger partial charge in [0.05, 0.1) is 16.8 Å². The number of aryl methyl sites for hydroxylation is 1. The molecule has 0 aliphatic carbocycles. The van der Waals surface area contributed by atoms with E-state index in [4.69, 9.17) is 0 Å². The van der Waals surface area contributed by atoms with Gasteiger partial charge >= 0.3 is 0 Å². The first-order valence-electron chi connectivity index (χ1n) is 13.7. The minimum atomic E-state index is -1.28. The largest absolute Gasteiger partial charge is 0.352 e. The highest BCUT2D eigenvalue weighted by molar-refractivity contribution is 7.12. The number of ketones is 2. The lowest BCUT2D eigenvalue weighted by molar-refractivity contribution is -0.121. The maximum atomic E-state index is 14.8. The lowest BCUT2D eigenvalue weighted by atomic mass is 9.64. The minimum Gasteiger partial charge on any atom is -0.352 e. The normalized spacial score (nSPS) is 24.0. The molecule has 3 aliphatic heterocycles. The van der Waals surface area contributed by atoms with E-state index < -0.39 is 23.4 Å². The lowest BCUT2D eigenvalue weighted by Crippen LogP contribution is -2.51. The molecule has 0 saturated carbocycles. The molecule has 0 radical (unpaired) electrons. The standard InChI is InChI=1S/C34H28N2O3S/c1-2-8-21-14-16-23(17-15-21)31(37)29-30(32(38)27-13-7-20-40-27)36-26-12-6-3-9-22(26)18-19-28(36)34(29)24-10-4-5-11-25(24)35-33(34)39/h3-7,9-20,28-30H,2,8H2,1H3,(H,35,39)/t28-,29+,30-,34-/m1/s1. The van der Waals surface area contributed by atoms with Crippen LogP contribution in [-0.2, 0) is 16.6 Å². The third-order valence-electron chi connectivity index (χ3n) is 8.63. The van der Waals surface area contributed by atoms with Crippen molar-refractivity contribution in [1.29, 1.82) is 0 Å². The van der Waals surface area contributed by atoms with E-state index >= 15 is 0 Å². The predicted octanol–water partition coefficient (Wildman–Crippen LogP) is 6.56. The van der Waals surface area contributed by atoms with Crippen molar-refractivity contribution >= 4 is 46.3 Å². The minimum absolute atomic E-state index is 0.139. The van der Waals surface area contributed by atoms with Crippen LogP contribution in [0.5, 0.6) is 0 Å². The Bertz CT molecular complexity index is 1670. The summed E-state index contributed by atoms with van der Waals surface area (Å²) in [6.07, 6.45) is 5.96. The Labute approximate surface area is 237 Å². The Morgan fingerprint density at radius 3 is 2.48 bits per heavy atom. The molecule has 0 bridgehead atoms. The van der Waals surface area contributed by atoms with Gasteiger partial charge in [-0.2, -0.15) is 0 Å². The summed E-state index contributed by atoms with van der Waals surface area (Å²) >= 11 is 1.37. The van der Waals surface area contributed by atoms with E-state index in [0.29, 0.717) is 16.1 Å². The number of carbonyl (C=O) groups excluding carboxylic acids is 3. The Morgan fingerprint density at radius 1 is 0.925 bits per heavy atom. The Kier molecular flexibility index (Phi) is 5.82. The van der Waals surface area contributed by atoms with E-state index in [9.17, 15) is 14.4 Å². The van der Waals surface area contributed by atoms with E-state index in [1.165, 1.54) is 11.3 Å². The molecule has 7 rings (SSSR count). The molecule has 3 aromatic carbocycles. The predicted molar refractivity (Wildman–Crippen MR) is 159 cm³/mol. The molecule has 1 N–H and O–H groups in total. The number of nitrogens with one attached hydrogen (secondary N) is 1. The number of Topliss-reactive ketones (excluding diaryl/α,β-unsaturated/α-hetero) is 2. The number of thiophene rings is 1. The van der Waals surface area contributed by atoms with Crippen molar-refractivity contribution < 1.29 is 14.4 Å². The first-order valence-corrected chi connectivity index (χ1v) is 14.6. The zero-order valence-corrected chi connectivity index (χ0v) is 22.9. The smallest absolute Gasteiger partial charge is 0.238 e. The number of amides is 1. The highest BCUT2D eigenvalue weighted by Gasteiger charge is 2.70. The van der Waals surface area contributed by atoms with Crippen LogP contribution in [0.3, 0.4) is 0 Å². The molecule has 4 atom stereocenters. The van der Waals surface area contributed by atoms with Crippen LogP contribution in [0.1, 0.15) is 50.1 Å². The molecular formula is C34H28N2O3S. The van der Waals surface area contributed by atoms with E-state index in [1.54, 1.807) is 0 Å². The molecule has 1 fully saturated rings. The van der Waals surface area contributed by atoms with Crippen LogP contribution in [0.4, 0.5) is 11.4 Å². The molecule has 1 aromatic heterocycles. The number of benzene rings is 3. The van der Waals surface area contributed by atoms with Gasteiger partial charge in [-0.3, -0.25) is 14.4 Å². The van der Waals surface area contributed by atoms with Crippen LogP contribution in [0.2, 0.25) is 0 Å². The number of rotatable bonds is 6. The fourth-order valence-corrected chi connectivity index (χ4v) is 7.69. The maximum Gasteiger partial charge on any atom is 0.238 e. The zero-order valence-electron chi connectivity index (χ0n) is 22.0. The molecule has 40 heavy (non-hydrogen) atoms. The Hall–Kier alpha value is -4.29. The van der Waals surface area contributed by atoms with Crippen LogP contribution < -0.4 is 10.2 Å². The van der Waals surface area contributed by atoms with Crippen LogP contribution >= 0.6 is 11.3 Å². The van der Waals surface area contributed by atoms with Gasteiger partial charge in [0.1, 0.15) is 11.5 Å². The molecule has 3 aliphatic rings. The Morgan fingerprint density at radius 2 is 1.70 bits per heavy atom. The number of carbonyl (C=O) groups is 3. The molecule has 6 heteroatoms. The Balaban J connectivity index is 1.50. The summed E-state index contributed by atoms with van der Waals surface area (Å²) in [5.41, 5.74) is 3.67. The number of hydrogen-bond acceptors (Lipinski definition) is 5. The van der Waals surface area contributed by atoms with Crippen LogP contribution in [0.25, 0.3) is 6.08 Å². The first kappa shape index (κ1) is 24.7. The van der Waals surface area contributed by atoms with Gasteiger partial charge < -0.3 is 10.2 Å². The van der Waals surface area contributed by atoms with Gasteiger partial charge in [-0.1, -0.05) is 92.2 Å². The van der Waals surface area contributed by atoms with E-state index in [0.717, 1.165) is 35.2 Å². The van der Waals surface area contributed by atoms with Gasteiger partial charge in [0, 0.05) is 16.9 Å². The van der Waals surface area contributed by atoms with Gasteiger partial charge in [-0.05, 0) is 46.7 Å². The molecule has 1 saturated heterocycles. The van der Waals surface area contributed by atoms with E-state index in [-0.39, 0.29) is 17.5 Å². The highest BCUT2D eigenvalue weighted by Crippen LogP contribution is 2.58. The fraction of sp³-hybridized carbons (Fsp3) is 0.206. The zero-order chi connectivity index (χ0) is 27.4. The van der Waals surface area contributed by atoms with Gasteiger partial charge in [-0.25, -0.2) is 0 Å². The monoisotopic (exact) mass is 544 g/mol. The van der Waals surface area contributed by atoms with Crippen LogP contribution in [0, 0.1) is 5.92 Å². The summed E-state index contributed by atoms with van der Waals surface area (Å²) in [6, 6.07) is 25.4. The van der Waals surface area contributed by atoms with Crippen molar-refractivity contribution in [1.82, 2.24) is 0 Å². The van der Waals surface area contributed by atoms with Crippen molar-refractivity contribution in [2.75, 3.05) is 10.2 Å². The molecule has 0 unspecified atom stereocenters. The van der Waals surface area contributed by atoms with Gasteiger partial charge in [0.25, 0.3) is 0 Å². The van der Waals surface area contributed by atoms with Crippen molar-refractivity contribution in [3.8, 4) is 0 Å². The highest BCUT2D eigenvalue weighted by atomic mass is 32.1. The number of hydrogen-bond donors (Lipinski definition) is 1. The van der Waals surface area contributed by atoms with Crippen molar-refractivity contribution in [2.45, 2.75) is 37.3 Å². The van der Waals surface area contributed by atoms with Gasteiger partial charge in [0.15, 0.2) is 11.6 Å². The molecule has 4 heterocycles. The number of nitrogens with zero attached hydrogens (tertiary/aromatic N) is 1. The summed E-state index contributed by atoms with van der Waals surface area (Å²) in [5, 5.41) is 4.96. The summed E-state index contributed by atoms with van der Waals surface area (Å²) in [5.74, 6) is -1.51. The van der Waals surface area contributed by atoms with E-state index in [1.807, 2.05) is 107 Å². The maximum absolute atomic E-state index is 14.8. The molecule has 1 amide bonds. The summed E-state index contributed by atoms with van der Waals surface area (Å²) in [7, 11) is 0. The second kappa shape index (κ2) is 9.42. The topological polar surface area (TPSA) is 66.5 Å².